The molecule has 1 atom stereocenters. The maximum absolute atomic E-state index is 11.6. The normalized spacial score (nSPS) is 12.2. The molecule has 1 heterocycles. The molecule has 0 fully saturated rings. The number of Topliss-reactive ketones (excluding diaryl/α,β-unsaturated/α-hetero) is 1. The van der Waals surface area contributed by atoms with Gasteiger partial charge in [0.2, 0.25) is 0 Å². The van der Waals surface area contributed by atoms with E-state index in [4.69, 9.17) is 5.73 Å². The monoisotopic (exact) mass is 226 g/mol. The predicted octanol–water partition coefficient (Wildman–Crippen LogP) is 1.03. The standard InChI is InChI=1S/C10H14N2O2S/c1-6(5-11)12-10(14)9-4-3-8(15-9)7(2)13/h3-4,6H,5,11H2,1-2H3,(H,12,14)/t6-/m0/s1. The van der Waals surface area contributed by atoms with E-state index in [0.717, 1.165) is 0 Å². The van der Waals surface area contributed by atoms with Gasteiger partial charge in [-0.15, -0.1) is 11.3 Å². The maximum Gasteiger partial charge on any atom is 0.261 e. The first-order valence-electron chi connectivity index (χ1n) is 4.66. The molecule has 0 saturated carbocycles. The fourth-order valence-electron chi connectivity index (χ4n) is 1.00. The number of nitrogens with one attached hydrogen (secondary N) is 1. The van der Waals surface area contributed by atoms with E-state index in [1.165, 1.54) is 18.3 Å². The van der Waals surface area contributed by atoms with Crippen LogP contribution in [0.4, 0.5) is 0 Å². The SMILES string of the molecule is CC(=O)c1ccc(C(=O)N[C@@H](C)CN)s1. The van der Waals surface area contributed by atoms with Crippen LogP contribution in [0.3, 0.4) is 0 Å². The van der Waals surface area contributed by atoms with E-state index in [1.54, 1.807) is 12.1 Å². The Hall–Kier alpha value is -1.20. The number of rotatable bonds is 4. The summed E-state index contributed by atoms with van der Waals surface area (Å²) in [6.07, 6.45) is 0. The molecule has 0 bridgehead atoms. The summed E-state index contributed by atoms with van der Waals surface area (Å²) >= 11 is 1.20. The lowest BCUT2D eigenvalue weighted by molar-refractivity contribution is 0.0944. The molecule has 0 spiro atoms. The van der Waals surface area contributed by atoms with Gasteiger partial charge < -0.3 is 11.1 Å². The highest BCUT2D eigenvalue weighted by atomic mass is 32.1. The number of thiophene rings is 1. The van der Waals surface area contributed by atoms with Gasteiger partial charge in [0.15, 0.2) is 5.78 Å². The molecule has 1 amide bonds. The third-order valence-corrected chi connectivity index (χ3v) is 3.09. The van der Waals surface area contributed by atoms with E-state index in [1.807, 2.05) is 6.92 Å². The molecule has 1 rings (SSSR count). The summed E-state index contributed by atoms with van der Waals surface area (Å²) in [5.74, 6) is -0.198. The van der Waals surface area contributed by atoms with Gasteiger partial charge in [-0.25, -0.2) is 0 Å². The summed E-state index contributed by atoms with van der Waals surface area (Å²) < 4.78 is 0. The van der Waals surface area contributed by atoms with Gasteiger partial charge in [-0.05, 0) is 26.0 Å². The minimum absolute atomic E-state index is 0.0223. The molecule has 0 aliphatic rings. The van der Waals surface area contributed by atoms with Crippen LogP contribution in [-0.4, -0.2) is 24.3 Å². The summed E-state index contributed by atoms with van der Waals surface area (Å²) in [7, 11) is 0. The fourth-order valence-corrected chi connectivity index (χ4v) is 1.81. The van der Waals surface area contributed by atoms with Gasteiger partial charge in [0.05, 0.1) is 9.75 Å². The van der Waals surface area contributed by atoms with Crippen LogP contribution in [0.2, 0.25) is 0 Å². The van der Waals surface area contributed by atoms with Crippen LogP contribution in [0.15, 0.2) is 12.1 Å². The molecular formula is C10H14N2O2S. The lowest BCUT2D eigenvalue weighted by atomic mass is 10.3. The van der Waals surface area contributed by atoms with E-state index in [2.05, 4.69) is 5.32 Å². The summed E-state index contributed by atoms with van der Waals surface area (Å²) in [5.41, 5.74) is 5.39. The summed E-state index contributed by atoms with van der Waals surface area (Å²) in [4.78, 5) is 23.7. The largest absolute Gasteiger partial charge is 0.348 e. The molecule has 0 aliphatic carbocycles. The third-order valence-electron chi connectivity index (χ3n) is 1.91. The topological polar surface area (TPSA) is 72.2 Å². The second-order valence-corrected chi connectivity index (χ2v) is 4.41. The van der Waals surface area contributed by atoms with Crippen LogP contribution < -0.4 is 11.1 Å². The van der Waals surface area contributed by atoms with Gasteiger partial charge in [0, 0.05) is 12.6 Å². The zero-order chi connectivity index (χ0) is 11.4. The van der Waals surface area contributed by atoms with Crippen molar-refractivity contribution in [1.29, 1.82) is 0 Å². The van der Waals surface area contributed by atoms with Crippen molar-refractivity contribution in [2.75, 3.05) is 6.54 Å². The molecule has 15 heavy (non-hydrogen) atoms. The number of nitrogens with two attached hydrogens (primary N) is 1. The quantitative estimate of drug-likeness (QED) is 0.753. The van der Waals surface area contributed by atoms with Crippen molar-refractivity contribution in [3.63, 3.8) is 0 Å². The Morgan fingerprint density at radius 3 is 2.53 bits per heavy atom. The molecule has 1 aromatic heterocycles. The summed E-state index contributed by atoms with van der Waals surface area (Å²) in [6.45, 7) is 3.71. The first-order valence-corrected chi connectivity index (χ1v) is 5.48. The predicted molar refractivity (Wildman–Crippen MR) is 60.3 cm³/mol. The van der Waals surface area contributed by atoms with Crippen molar-refractivity contribution in [3.8, 4) is 0 Å². The van der Waals surface area contributed by atoms with Crippen LogP contribution in [0.25, 0.3) is 0 Å². The Morgan fingerprint density at radius 2 is 2.07 bits per heavy atom. The van der Waals surface area contributed by atoms with Gasteiger partial charge in [0.1, 0.15) is 0 Å². The van der Waals surface area contributed by atoms with Crippen molar-refractivity contribution in [2.24, 2.45) is 5.73 Å². The average Bonchev–Trinajstić information content (AvgIpc) is 2.66. The minimum Gasteiger partial charge on any atom is -0.348 e. The van der Waals surface area contributed by atoms with E-state index in [-0.39, 0.29) is 17.7 Å². The number of amides is 1. The van der Waals surface area contributed by atoms with Crippen molar-refractivity contribution in [1.82, 2.24) is 5.32 Å². The Bertz CT molecular complexity index is 373. The molecule has 4 nitrogen and oxygen atoms in total. The molecule has 0 radical (unpaired) electrons. The lowest BCUT2D eigenvalue weighted by Crippen LogP contribution is -2.37. The van der Waals surface area contributed by atoms with Gasteiger partial charge in [-0.1, -0.05) is 0 Å². The fraction of sp³-hybridized carbons (Fsp3) is 0.400. The Morgan fingerprint density at radius 1 is 1.47 bits per heavy atom. The Balaban J connectivity index is 2.70. The Labute approximate surface area is 92.5 Å². The molecule has 0 saturated heterocycles. The smallest absolute Gasteiger partial charge is 0.261 e. The van der Waals surface area contributed by atoms with Gasteiger partial charge in [-0.3, -0.25) is 9.59 Å². The second-order valence-electron chi connectivity index (χ2n) is 3.33. The van der Waals surface area contributed by atoms with Crippen molar-refractivity contribution in [2.45, 2.75) is 19.9 Å². The Kier molecular flexibility index (Phi) is 3.99. The van der Waals surface area contributed by atoms with E-state index in [9.17, 15) is 9.59 Å². The van der Waals surface area contributed by atoms with Crippen LogP contribution in [0.5, 0.6) is 0 Å². The molecule has 3 N–H and O–H groups in total. The van der Waals surface area contributed by atoms with Gasteiger partial charge in [0.25, 0.3) is 5.91 Å². The zero-order valence-electron chi connectivity index (χ0n) is 8.74. The summed E-state index contributed by atoms with van der Waals surface area (Å²) in [5, 5.41) is 2.73. The van der Waals surface area contributed by atoms with Crippen LogP contribution in [-0.2, 0) is 0 Å². The van der Waals surface area contributed by atoms with E-state index < -0.39 is 0 Å². The van der Waals surface area contributed by atoms with Gasteiger partial charge in [-0.2, -0.15) is 0 Å². The highest BCUT2D eigenvalue weighted by molar-refractivity contribution is 7.15. The molecule has 5 heteroatoms. The number of hydrogen-bond acceptors (Lipinski definition) is 4. The highest BCUT2D eigenvalue weighted by Gasteiger charge is 2.12. The average molecular weight is 226 g/mol. The lowest BCUT2D eigenvalue weighted by Gasteiger charge is -2.09. The van der Waals surface area contributed by atoms with E-state index in [0.29, 0.717) is 16.3 Å². The second kappa shape index (κ2) is 5.04. The van der Waals surface area contributed by atoms with Crippen molar-refractivity contribution < 1.29 is 9.59 Å². The molecular weight excluding hydrogens is 212 g/mol. The van der Waals surface area contributed by atoms with Crippen LogP contribution in [0, 0.1) is 0 Å². The number of ketones is 1. The van der Waals surface area contributed by atoms with Gasteiger partial charge >= 0.3 is 0 Å². The van der Waals surface area contributed by atoms with E-state index >= 15 is 0 Å². The van der Waals surface area contributed by atoms with Crippen LogP contribution in [0.1, 0.15) is 33.2 Å². The van der Waals surface area contributed by atoms with Crippen LogP contribution >= 0.6 is 11.3 Å². The molecule has 0 aliphatic heterocycles. The minimum atomic E-state index is -0.176. The first kappa shape index (κ1) is 11.9. The number of hydrogen-bond donors (Lipinski definition) is 2. The number of carbonyl (C=O) groups is 2. The molecule has 1 aromatic rings. The molecule has 0 aromatic carbocycles. The third kappa shape index (κ3) is 3.14. The molecule has 0 unspecified atom stereocenters. The summed E-state index contributed by atoms with van der Waals surface area (Å²) in [6, 6.07) is 3.26. The maximum atomic E-state index is 11.6. The van der Waals surface area contributed by atoms with Crippen molar-refractivity contribution in [3.05, 3.63) is 21.9 Å². The molecule has 82 valence electrons. The zero-order valence-corrected chi connectivity index (χ0v) is 9.56. The first-order chi connectivity index (χ1) is 7.04. The van der Waals surface area contributed by atoms with Crippen molar-refractivity contribution >= 4 is 23.0 Å². The number of carbonyl (C=O) groups excluding carboxylic acids is 2. The highest BCUT2D eigenvalue weighted by Crippen LogP contribution is 2.16.